The average Bonchev–Trinajstić information content (AvgIpc) is 2.02. The third kappa shape index (κ3) is 3.07. The molecular weight excluding hydrogens is 162 g/mol. The van der Waals surface area contributed by atoms with Crippen molar-refractivity contribution in [1.29, 1.82) is 0 Å². The molecule has 2 heteroatoms. The summed E-state index contributed by atoms with van der Waals surface area (Å²) in [7, 11) is 11.5. The van der Waals surface area contributed by atoms with Gasteiger partial charge < -0.3 is 9.22 Å². The predicted molar refractivity (Wildman–Crippen MR) is 53.1 cm³/mol. The minimum absolute atomic E-state index is 0.417. The highest BCUT2D eigenvalue weighted by Crippen LogP contribution is 2.20. The molecule has 0 aliphatic rings. The number of quaternary nitrogens is 1. The van der Waals surface area contributed by atoms with Crippen molar-refractivity contribution in [3.05, 3.63) is 36.9 Å². The van der Waals surface area contributed by atoms with E-state index in [1.54, 1.807) is 7.11 Å². The summed E-state index contributed by atoms with van der Waals surface area (Å²) in [4.78, 5) is 0. The molecule has 0 N–H and O–H groups in total. The maximum Gasteiger partial charge on any atom is 0.127 e. The van der Waals surface area contributed by atoms with E-state index in [4.69, 9.17) is 11.8 Å². The van der Waals surface area contributed by atoms with Crippen LogP contribution in [0.4, 0.5) is 0 Å². The first-order valence-corrected chi connectivity index (χ1v) is 4.26. The van der Waals surface area contributed by atoms with Crippen molar-refractivity contribution in [1.82, 2.24) is 0 Å². The number of methoxy groups -OCH3 is 1. The molecule has 71 valence electrons. The Morgan fingerprint density at radius 1 is 1.31 bits per heavy atom. The fourth-order valence-corrected chi connectivity index (χ4v) is 1.27. The van der Waals surface area contributed by atoms with Crippen LogP contribution in [0.15, 0.2) is 24.3 Å². The number of benzene rings is 1. The summed E-state index contributed by atoms with van der Waals surface area (Å²) in [5.74, 6) is 0.902. The quantitative estimate of drug-likeness (QED) is 0.507. The van der Waals surface area contributed by atoms with Gasteiger partial charge in [-0.25, -0.2) is 7.05 Å². The molecule has 0 atom stereocenters. The molecule has 0 aliphatic carbocycles. The molecule has 0 amide bonds. The number of hydrogen-bond acceptors (Lipinski definition) is 1. The molecule has 0 aromatic heterocycles. The molecule has 2 nitrogen and oxygen atoms in total. The third-order valence-electron chi connectivity index (χ3n) is 1.77. The topological polar surface area (TPSA) is 9.23 Å². The van der Waals surface area contributed by atoms with Gasteiger partial charge in [0, 0.05) is 19.7 Å². The van der Waals surface area contributed by atoms with E-state index >= 15 is 0 Å². The Labute approximate surface area is 80.3 Å². The first-order valence-electron chi connectivity index (χ1n) is 4.26. The lowest BCUT2D eigenvalue weighted by Gasteiger charge is -2.35. The van der Waals surface area contributed by atoms with Crippen LogP contribution in [0.25, 0.3) is 0 Å². The molecule has 1 aromatic rings. The molecule has 1 radical (unpaired) electrons. The summed E-state index contributed by atoms with van der Waals surface area (Å²) in [6, 6.07) is 7.93. The van der Waals surface area contributed by atoms with Crippen LogP contribution in [0.2, 0.25) is 0 Å². The number of para-hydroxylation sites is 1. The van der Waals surface area contributed by atoms with E-state index in [0.717, 1.165) is 17.9 Å². The number of ether oxygens (including phenoxy) is 1. The van der Waals surface area contributed by atoms with E-state index in [1.165, 1.54) is 0 Å². The van der Waals surface area contributed by atoms with Gasteiger partial charge in [-0.1, -0.05) is 12.1 Å². The van der Waals surface area contributed by atoms with Gasteiger partial charge in [0.05, 0.1) is 13.7 Å². The average molecular weight is 178 g/mol. The predicted octanol–water partition coefficient (Wildman–Crippen LogP) is 1.94. The van der Waals surface area contributed by atoms with Crippen molar-refractivity contribution >= 4 is 0 Å². The zero-order valence-electron chi connectivity index (χ0n) is 8.45. The van der Waals surface area contributed by atoms with Gasteiger partial charge in [0.1, 0.15) is 5.75 Å². The van der Waals surface area contributed by atoms with Crippen LogP contribution in [0.1, 0.15) is 5.56 Å². The van der Waals surface area contributed by atoms with E-state index in [9.17, 15) is 0 Å². The molecule has 0 fully saturated rings. The van der Waals surface area contributed by atoms with Crippen LogP contribution < -0.4 is 4.74 Å². The summed E-state index contributed by atoms with van der Waals surface area (Å²) in [5, 5.41) is 0. The second kappa shape index (κ2) is 3.79. The van der Waals surface area contributed by atoms with E-state index in [0.29, 0.717) is 4.48 Å². The molecule has 1 aromatic carbocycles. The fraction of sp³-hybridized carbons (Fsp3) is 0.364. The van der Waals surface area contributed by atoms with E-state index < -0.39 is 0 Å². The molecule has 0 saturated heterocycles. The zero-order valence-corrected chi connectivity index (χ0v) is 8.45. The minimum atomic E-state index is 0.417. The maximum absolute atomic E-state index is 5.87. The zero-order chi connectivity index (χ0) is 9.90. The van der Waals surface area contributed by atoms with Crippen LogP contribution >= 0.6 is 0 Å². The van der Waals surface area contributed by atoms with E-state index in [1.807, 2.05) is 38.4 Å². The van der Waals surface area contributed by atoms with Gasteiger partial charge >= 0.3 is 0 Å². The maximum atomic E-state index is 5.87. The number of hydrogen-bond donors (Lipinski definition) is 0. The monoisotopic (exact) mass is 178 g/mol. The Balaban J connectivity index is 2.87. The summed E-state index contributed by atoms with van der Waals surface area (Å²) in [6.45, 7) is 0.768. The van der Waals surface area contributed by atoms with Crippen LogP contribution in [0.5, 0.6) is 5.75 Å². The van der Waals surface area contributed by atoms with Gasteiger partial charge in [-0.2, -0.15) is 0 Å². The highest BCUT2D eigenvalue weighted by molar-refractivity contribution is 5.32. The molecule has 0 heterocycles. The summed E-state index contributed by atoms with van der Waals surface area (Å²) < 4.78 is 5.64. The Hall–Kier alpha value is -1.02. The molecule has 0 aliphatic heterocycles. The fourth-order valence-electron chi connectivity index (χ4n) is 1.27. The number of nitrogens with zero attached hydrogens (tertiary/aromatic N) is 1. The van der Waals surface area contributed by atoms with Crippen molar-refractivity contribution < 1.29 is 9.22 Å². The Morgan fingerprint density at radius 2 is 1.92 bits per heavy atom. The lowest BCUT2D eigenvalue weighted by molar-refractivity contribution is -0.859. The standard InChI is InChI=1S/C11H16NO/c1-12(2,3)9-10-7-5-6-8-11(10)13-4/h1,5-8H,9H2,2-4H3. The largest absolute Gasteiger partial charge is 0.496 e. The van der Waals surface area contributed by atoms with E-state index in [-0.39, 0.29) is 0 Å². The third-order valence-corrected chi connectivity index (χ3v) is 1.77. The van der Waals surface area contributed by atoms with Gasteiger partial charge in [0.25, 0.3) is 0 Å². The van der Waals surface area contributed by atoms with Crippen molar-refractivity contribution in [2.24, 2.45) is 0 Å². The summed E-state index contributed by atoms with van der Waals surface area (Å²) in [5.41, 5.74) is 1.14. The Morgan fingerprint density at radius 3 is 2.46 bits per heavy atom. The van der Waals surface area contributed by atoms with Crippen molar-refractivity contribution in [3.8, 4) is 5.75 Å². The van der Waals surface area contributed by atoms with Crippen LogP contribution in [-0.4, -0.2) is 25.7 Å². The second-order valence-electron chi connectivity index (χ2n) is 3.75. The molecule has 0 unspecified atom stereocenters. The van der Waals surface area contributed by atoms with Crippen LogP contribution in [0, 0.1) is 7.05 Å². The summed E-state index contributed by atoms with van der Waals surface area (Å²) in [6.07, 6.45) is 0. The lowest BCUT2D eigenvalue weighted by atomic mass is 10.2. The minimum Gasteiger partial charge on any atom is -0.496 e. The summed E-state index contributed by atoms with van der Waals surface area (Å²) >= 11 is 0. The Bertz CT molecular complexity index is 276. The number of rotatable bonds is 3. The van der Waals surface area contributed by atoms with E-state index in [2.05, 4.69) is 0 Å². The van der Waals surface area contributed by atoms with Gasteiger partial charge in [-0.15, -0.1) is 0 Å². The smallest absolute Gasteiger partial charge is 0.127 e. The molecule has 0 bridgehead atoms. The van der Waals surface area contributed by atoms with Gasteiger partial charge in [0.15, 0.2) is 0 Å². The van der Waals surface area contributed by atoms with Crippen LogP contribution in [0.3, 0.4) is 0 Å². The molecule has 13 heavy (non-hydrogen) atoms. The first-order chi connectivity index (χ1) is 6.03. The molecule has 1 rings (SSSR count). The molecular formula is C11H16NO. The molecule has 0 saturated carbocycles. The normalized spacial score (nSPS) is 11.4. The highest BCUT2D eigenvalue weighted by Gasteiger charge is 2.06. The van der Waals surface area contributed by atoms with Crippen molar-refractivity contribution in [2.45, 2.75) is 6.54 Å². The highest BCUT2D eigenvalue weighted by atomic mass is 16.5. The SMILES string of the molecule is [CH-][N+](C)(C)Cc1ccccc1OC. The van der Waals surface area contributed by atoms with Gasteiger partial charge in [-0.3, -0.25) is 0 Å². The van der Waals surface area contributed by atoms with Gasteiger partial charge in [0.2, 0.25) is 0 Å². The first kappa shape index (κ1) is 10.1. The Kier molecular flexibility index (Phi) is 2.94. The van der Waals surface area contributed by atoms with Gasteiger partial charge in [-0.05, 0) is 12.1 Å². The van der Waals surface area contributed by atoms with Crippen LogP contribution in [-0.2, 0) is 6.54 Å². The van der Waals surface area contributed by atoms with Crippen molar-refractivity contribution in [2.75, 3.05) is 21.2 Å². The van der Waals surface area contributed by atoms with Crippen molar-refractivity contribution in [3.63, 3.8) is 0 Å². The second-order valence-corrected chi connectivity index (χ2v) is 3.75. The lowest BCUT2D eigenvalue weighted by Crippen LogP contribution is -2.30. The molecule has 0 spiro atoms.